The molecule has 3 heterocycles. The van der Waals surface area contributed by atoms with Gasteiger partial charge in [-0.05, 0) is 36.8 Å². The highest BCUT2D eigenvalue weighted by molar-refractivity contribution is 7.92. The number of piperidine rings is 1. The van der Waals surface area contributed by atoms with Crippen LogP contribution in [0.1, 0.15) is 18.4 Å². The monoisotopic (exact) mass is 604 g/mol. The summed E-state index contributed by atoms with van der Waals surface area (Å²) in [5.41, 5.74) is 1.72. The summed E-state index contributed by atoms with van der Waals surface area (Å²) >= 11 is 0. The van der Waals surface area contributed by atoms with Crippen LogP contribution in [0.25, 0.3) is 22.0 Å². The number of alkyl halides is 4. The zero-order valence-corrected chi connectivity index (χ0v) is 23.3. The van der Waals surface area contributed by atoms with Crippen LogP contribution in [0.3, 0.4) is 0 Å². The number of halogens is 4. The second-order valence-corrected chi connectivity index (χ2v) is 11.8. The lowest BCUT2D eigenvalue weighted by molar-refractivity contribution is -0.129. The number of anilines is 2. The topological polar surface area (TPSA) is 118 Å². The van der Waals surface area contributed by atoms with E-state index in [4.69, 9.17) is 4.74 Å². The second-order valence-electron chi connectivity index (χ2n) is 9.96. The second kappa shape index (κ2) is 12.1. The summed E-state index contributed by atoms with van der Waals surface area (Å²) in [4.78, 5) is 13.3. The van der Waals surface area contributed by atoms with Crippen LogP contribution in [0.4, 0.5) is 29.2 Å². The summed E-state index contributed by atoms with van der Waals surface area (Å²) in [5, 5.41) is 7.15. The summed E-state index contributed by atoms with van der Waals surface area (Å²) in [6.07, 6.45) is -3.56. The number of hydrogen-bond acceptors (Lipinski definition) is 8. The smallest absolute Gasteiger partial charge is 0.390 e. The van der Waals surface area contributed by atoms with Crippen LogP contribution >= 0.6 is 0 Å². The first-order valence-corrected chi connectivity index (χ1v) is 14.8. The Hall–Kier alpha value is -4.04. The summed E-state index contributed by atoms with van der Waals surface area (Å²) in [7, 11) is -4.28. The molecule has 0 bridgehead atoms. The van der Waals surface area contributed by atoms with Crippen molar-refractivity contribution in [1.29, 1.82) is 0 Å². The Morgan fingerprint density at radius 1 is 1.05 bits per heavy atom. The van der Waals surface area contributed by atoms with Gasteiger partial charge in [0.1, 0.15) is 11.9 Å². The quantitative estimate of drug-likeness (QED) is 0.212. The molecule has 0 radical (unpaired) electrons. The highest BCUT2D eigenvalue weighted by Gasteiger charge is 2.30. The third-order valence-electron chi connectivity index (χ3n) is 6.63. The molecule has 1 aliphatic rings. The number of hydrogen-bond donors (Lipinski definition) is 3. The molecule has 9 nitrogen and oxygen atoms in total. The third kappa shape index (κ3) is 7.23. The van der Waals surface area contributed by atoms with Gasteiger partial charge in [0.25, 0.3) is 0 Å². The fourth-order valence-corrected chi connectivity index (χ4v) is 5.81. The molecule has 2 atom stereocenters. The minimum Gasteiger partial charge on any atom is -0.437 e. The van der Waals surface area contributed by atoms with Gasteiger partial charge in [-0.25, -0.2) is 27.8 Å². The van der Waals surface area contributed by atoms with Gasteiger partial charge >= 0.3 is 6.18 Å². The molecule has 2 unspecified atom stereocenters. The van der Waals surface area contributed by atoms with Gasteiger partial charge in [0.15, 0.2) is 0 Å². The minimum absolute atomic E-state index is 0.137. The number of aromatic nitrogens is 3. The molecule has 0 amide bonds. The maximum atomic E-state index is 13.8. The Balaban J connectivity index is 1.45. The summed E-state index contributed by atoms with van der Waals surface area (Å²) < 4.78 is 85.3. The average Bonchev–Trinajstić information content (AvgIpc) is 2.94. The van der Waals surface area contributed by atoms with Crippen LogP contribution in [0, 0.1) is 6.92 Å². The van der Waals surface area contributed by atoms with Crippen molar-refractivity contribution in [2.45, 2.75) is 38.2 Å². The van der Waals surface area contributed by atoms with Crippen molar-refractivity contribution >= 4 is 32.4 Å². The lowest BCUT2D eigenvalue weighted by Crippen LogP contribution is -2.44. The van der Waals surface area contributed by atoms with E-state index < -0.39 is 34.5 Å². The van der Waals surface area contributed by atoms with Crippen LogP contribution in [-0.2, 0) is 10.0 Å². The molecule has 1 aliphatic heterocycles. The lowest BCUT2D eigenvalue weighted by atomic mass is 10.0. The van der Waals surface area contributed by atoms with Gasteiger partial charge in [-0.2, -0.15) is 13.2 Å². The van der Waals surface area contributed by atoms with E-state index in [-0.39, 0.29) is 17.6 Å². The Labute approximate surface area is 239 Å². The maximum Gasteiger partial charge on any atom is 0.390 e. The molecule has 2 aromatic carbocycles. The Morgan fingerprint density at radius 3 is 2.60 bits per heavy atom. The normalized spacial score (nSPS) is 17.6. The number of sulfonamides is 1. The number of aryl methyl sites for hydroxylation is 1. The molecule has 42 heavy (non-hydrogen) atoms. The van der Waals surface area contributed by atoms with Gasteiger partial charge < -0.3 is 15.4 Å². The third-order valence-corrected chi connectivity index (χ3v) is 7.90. The molecule has 0 saturated carbocycles. The predicted molar refractivity (Wildman–Crippen MR) is 152 cm³/mol. The van der Waals surface area contributed by atoms with Crippen LogP contribution in [0.2, 0.25) is 0 Å². The summed E-state index contributed by atoms with van der Waals surface area (Å²) in [6, 6.07) is 13.3. The average molecular weight is 605 g/mol. The van der Waals surface area contributed by atoms with Gasteiger partial charge in [-0.15, -0.1) is 0 Å². The molecular weight excluding hydrogens is 576 g/mol. The Morgan fingerprint density at radius 2 is 1.83 bits per heavy atom. The molecule has 222 valence electrons. The first-order chi connectivity index (χ1) is 20.0. The number of nitrogens with zero attached hydrogens (tertiary/aromatic N) is 3. The predicted octanol–water partition coefficient (Wildman–Crippen LogP) is 5.60. The lowest BCUT2D eigenvalue weighted by Gasteiger charge is -2.26. The molecule has 1 fully saturated rings. The van der Waals surface area contributed by atoms with Crippen LogP contribution in [0.5, 0.6) is 11.6 Å². The van der Waals surface area contributed by atoms with E-state index in [0.29, 0.717) is 58.8 Å². The maximum absolute atomic E-state index is 13.8. The Kier molecular flexibility index (Phi) is 8.45. The van der Waals surface area contributed by atoms with Crippen LogP contribution in [0.15, 0.2) is 60.9 Å². The molecule has 5 rings (SSSR count). The SMILES string of the molecule is Cc1cc(NS(=O)(=O)CCC(F)(F)F)c2ccccc2c1Oc1ncccc1-c1ccnc(NC2CNCC(F)C2)n1. The number of pyridine rings is 1. The highest BCUT2D eigenvalue weighted by atomic mass is 32.2. The van der Waals surface area contributed by atoms with Gasteiger partial charge in [0.05, 0.1) is 29.1 Å². The first-order valence-electron chi connectivity index (χ1n) is 13.1. The van der Waals surface area contributed by atoms with E-state index in [1.165, 1.54) is 6.07 Å². The first kappa shape index (κ1) is 29.5. The van der Waals surface area contributed by atoms with E-state index in [1.807, 2.05) is 0 Å². The number of ether oxygens (including phenoxy) is 1. The van der Waals surface area contributed by atoms with Gasteiger partial charge in [-0.1, -0.05) is 24.3 Å². The minimum atomic E-state index is -4.60. The standard InChI is InChI=1S/C28H28F4N6O3S/c1-17-13-24(38-42(39,40)12-9-28(30,31)32)20-5-2-3-6-21(20)25(17)41-26-22(7-4-10-34-26)23-8-11-35-27(37-23)36-19-14-18(29)15-33-16-19/h2-8,10-11,13,18-19,33,38H,9,12,14-16H2,1H3,(H,35,36,37). The molecule has 0 aliphatic carbocycles. The van der Waals surface area contributed by atoms with E-state index in [2.05, 4.69) is 30.3 Å². The van der Waals surface area contributed by atoms with E-state index >= 15 is 0 Å². The van der Waals surface area contributed by atoms with E-state index in [0.717, 1.165) is 0 Å². The van der Waals surface area contributed by atoms with Crippen molar-refractivity contribution in [3.05, 3.63) is 66.5 Å². The van der Waals surface area contributed by atoms with Gasteiger partial charge in [-0.3, -0.25) is 4.72 Å². The number of benzene rings is 2. The van der Waals surface area contributed by atoms with Gasteiger partial charge in [0.2, 0.25) is 21.9 Å². The van der Waals surface area contributed by atoms with Crippen molar-refractivity contribution in [1.82, 2.24) is 20.3 Å². The number of rotatable bonds is 9. The molecular formula is C28H28F4N6O3S. The zero-order valence-electron chi connectivity index (χ0n) is 22.5. The number of fused-ring (bicyclic) bond motifs is 1. The van der Waals surface area contributed by atoms with Crippen molar-refractivity contribution in [3.63, 3.8) is 0 Å². The van der Waals surface area contributed by atoms with Crippen molar-refractivity contribution < 1.29 is 30.7 Å². The van der Waals surface area contributed by atoms with Gasteiger partial charge in [0, 0.05) is 48.7 Å². The molecule has 2 aromatic heterocycles. The molecule has 3 N–H and O–H groups in total. The Bertz CT molecular complexity index is 1690. The van der Waals surface area contributed by atoms with E-state index in [1.54, 1.807) is 61.8 Å². The fourth-order valence-electron chi connectivity index (χ4n) is 4.70. The number of nitrogens with one attached hydrogen (secondary N) is 3. The van der Waals surface area contributed by atoms with Crippen molar-refractivity contribution in [2.24, 2.45) is 0 Å². The van der Waals surface area contributed by atoms with Crippen LogP contribution in [-0.4, -0.2) is 60.6 Å². The molecule has 14 heteroatoms. The van der Waals surface area contributed by atoms with Crippen molar-refractivity contribution in [2.75, 3.05) is 28.9 Å². The fraction of sp³-hybridized carbons (Fsp3) is 0.321. The largest absolute Gasteiger partial charge is 0.437 e. The summed E-state index contributed by atoms with van der Waals surface area (Å²) in [5.74, 6) is -0.164. The molecule has 1 saturated heterocycles. The van der Waals surface area contributed by atoms with Crippen molar-refractivity contribution in [3.8, 4) is 22.9 Å². The summed E-state index contributed by atoms with van der Waals surface area (Å²) in [6.45, 7) is 2.59. The highest BCUT2D eigenvalue weighted by Crippen LogP contribution is 2.40. The molecule has 4 aromatic rings. The zero-order chi connectivity index (χ0) is 29.9. The van der Waals surface area contributed by atoms with Crippen LogP contribution < -0.4 is 20.1 Å². The molecule has 0 spiro atoms. The van der Waals surface area contributed by atoms with E-state index in [9.17, 15) is 26.0 Å².